The van der Waals surface area contributed by atoms with E-state index in [1.54, 1.807) is 24.3 Å². The van der Waals surface area contributed by atoms with Crippen molar-refractivity contribution >= 4 is 57.3 Å². The van der Waals surface area contributed by atoms with Crippen molar-refractivity contribution < 1.29 is 14.7 Å². The van der Waals surface area contributed by atoms with Gasteiger partial charge >= 0.3 is 6.03 Å². The highest BCUT2D eigenvalue weighted by molar-refractivity contribution is 8.05. The van der Waals surface area contributed by atoms with Gasteiger partial charge in [-0.3, -0.25) is 10.1 Å². The number of aliphatic hydroxyl groups is 1. The molecule has 0 aliphatic heterocycles. The number of rotatable bonds is 5. The van der Waals surface area contributed by atoms with Crippen LogP contribution in [0.3, 0.4) is 0 Å². The maximum atomic E-state index is 11.9. The number of nitrogens with one attached hydrogen (secondary N) is 2. The largest absolute Gasteiger partial charge is 0.511 e. The zero-order valence-electron chi connectivity index (χ0n) is 12.7. The van der Waals surface area contributed by atoms with Gasteiger partial charge in [-0.25, -0.2) is 4.79 Å². The fraction of sp³-hybridized carbons (Fsp3) is 0.143. The smallest absolute Gasteiger partial charge is 0.325 e. The second kappa shape index (κ2) is 8.13. The molecule has 0 saturated carbocycles. The van der Waals surface area contributed by atoms with Gasteiger partial charge in [0, 0.05) is 10.7 Å². The summed E-state index contributed by atoms with van der Waals surface area (Å²) in [7, 11) is 0. The van der Waals surface area contributed by atoms with Crippen molar-refractivity contribution in [2.75, 3.05) is 10.6 Å². The maximum absolute atomic E-state index is 11.9. The number of thioether (sulfide) groups is 1. The number of amides is 2. The molecule has 3 N–H and O–H groups in total. The Balaban J connectivity index is 1.98. The van der Waals surface area contributed by atoms with E-state index in [1.807, 2.05) is 0 Å². The first-order chi connectivity index (χ1) is 11.3. The van der Waals surface area contributed by atoms with Crippen molar-refractivity contribution in [3.05, 3.63) is 40.0 Å². The number of hydrogen-bond acceptors (Lipinski definition) is 7. The topological polar surface area (TPSA) is 104 Å². The van der Waals surface area contributed by atoms with Crippen LogP contribution in [0.5, 0.6) is 0 Å². The van der Waals surface area contributed by atoms with E-state index in [1.165, 1.54) is 13.8 Å². The summed E-state index contributed by atoms with van der Waals surface area (Å²) in [4.78, 5) is 23.5. The van der Waals surface area contributed by atoms with E-state index >= 15 is 0 Å². The lowest BCUT2D eigenvalue weighted by Gasteiger charge is -2.04. The molecule has 126 valence electrons. The number of aromatic nitrogens is 2. The van der Waals surface area contributed by atoms with Gasteiger partial charge in [-0.1, -0.05) is 22.9 Å². The zero-order chi connectivity index (χ0) is 17.7. The van der Waals surface area contributed by atoms with Gasteiger partial charge < -0.3 is 10.4 Å². The van der Waals surface area contributed by atoms with Crippen LogP contribution in [0.2, 0.25) is 5.02 Å². The Hall–Kier alpha value is -2.10. The third kappa shape index (κ3) is 5.22. The van der Waals surface area contributed by atoms with E-state index in [0.717, 1.165) is 23.1 Å². The van der Waals surface area contributed by atoms with Gasteiger partial charge in [0.2, 0.25) is 5.13 Å². The van der Waals surface area contributed by atoms with Gasteiger partial charge in [0.05, 0.1) is 4.91 Å². The number of ketones is 1. The standard InChI is InChI=1S/C14H13ClN4O3S2/c1-7(20)11(8(2)21)23-14-19-18-13(24-14)17-12(22)16-10-5-3-9(15)4-6-10/h3-6,20H,1-2H3,(H2,16,17,18,22)/b11-7-. The fourth-order valence-corrected chi connectivity index (χ4v) is 3.38. The van der Waals surface area contributed by atoms with Crippen LogP contribution in [0, 0.1) is 0 Å². The Morgan fingerprint density at radius 3 is 2.42 bits per heavy atom. The molecule has 0 saturated heterocycles. The Bertz CT molecular complexity index is 786. The van der Waals surface area contributed by atoms with E-state index in [9.17, 15) is 14.7 Å². The lowest BCUT2D eigenvalue weighted by atomic mass is 10.3. The summed E-state index contributed by atoms with van der Waals surface area (Å²) in [6, 6.07) is 6.16. The fourth-order valence-electron chi connectivity index (χ4n) is 1.58. The molecule has 0 spiro atoms. The Labute approximate surface area is 151 Å². The maximum Gasteiger partial charge on any atom is 0.325 e. The molecular formula is C14H13ClN4O3S2. The van der Waals surface area contributed by atoms with Crippen molar-refractivity contribution in [2.24, 2.45) is 0 Å². The quantitative estimate of drug-likeness (QED) is 0.307. The molecule has 2 rings (SSSR count). The molecule has 1 heterocycles. The number of nitrogens with zero attached hydrogens (tertiary/aromatic N) is 2. The number of carbonyl (C=O) groups is 2. The van der Waals surface area contributed by atoms with E-state index in [0.29, 0.717) is 15.0 Å². The molecule has 2 aromatic rings. The highest BCUT2D eigenvalue weighted by Crippen LogP contribution is 2.32. The van der Waals surface area contributed by atoms with Gasteiger partial charge in [-0.05, 0) is 49.9 Å². The Kier molecular flexibility index (Phi) is 6.18. The van der Waals surface area contributed by atoms with Crippen LogP contribution in [0.25, 0.3) is 0 Å². The van der Waals surface area contributed by atoms with Crippen molar-refractivity contribution in [3.8, 4) is 0 Å². The highest BCUT2D eigenvalue weighted by atomic mass is 35.5. The second-order valence-corrected chi connectivity index (χ2v) is 7.20. The summed E-state index contributed by atoms with van der Waals surface area (Å²) in [6.45, 7) is 2.77. The molecule has 0 atom stereocenters. The number of Topliss-reactive ketones (excluding diaryl/α,β-unsaturated/α-hetero) is 1. The van der Waals surface area contributed by atoms with Gasteiger partial charge in [-0.15, -0.1) is 10.2 Å². The van der Waals surface area contributed by atoms with Crippen LogP contribution in [-0.2, 0) is 4.79 Å². The first-order valence-corrected chi connectivity index (χ1v) is 8.62. The lowest BCUT2D eigenvalue weighted by molar-refractivity contribution is -0.113. The average molecular weight is 385 g/mol. The highest BCUT2D eigenvalue weighted by Gasteiger charge is 2.15. The van der Waals surface area contributed by atoms with Crippen LogP contribution in [0.1, 0.15) is 13.8 Å². The van der Waals surface area contributed by atoms with Crippen LogP contribution >= 0.6 is 34.7 Å². The summed E-state index contributed by atoms with van der Waals surface area (Å²) in [5.74, 6) is -0.358. The van der Waals surface area contributed by atoms with Crippen molar-refractivity contribution in [1.82, 2.24) is 10.2 Å². The monoisotopic (exact) mass is 384 g/mol. The molecule has 0 aliphatic rings. The summed E-state index contributed by atoms with van der Waals surface area (Å²) >= 11 is 7.86. The summed E-state index contributed by atoms with van der Waals surface area (Å²) in [5.41, 5.74) is 0.578. The number of anilines is 2. The van der Waals surface area contributed by atoms with Gasteiger partial charge in [0.25, 0.3) is 0 Å². The van der Waals surface area contributed by atoms with E-state index < -0.39 is 6.03 Å². The van der Waals surface area contributed by atoms with Crippen molar-refractivity contribution in [2.45, 2.75) is 18.2 Å². The predicted octanol–water partition coefficient (Wildman–Crippen LogP) is 4.31. The molecule has 1 aromatic heterocycles. The first-order valence-electron chi connectivity index (χ1n) is 6.61. The summed E-state index contributed by atoms with van der Waals surface area (Å²) < 4.78 is 0.426. The Morgan fingerprint density at radius 1 is 1.17 bits per heavy atom. The molecule has 24 heavy (non-hydrogen) atoms. The molecule has 0 bridgehead atoms. The third-order valence-corrected chi connectivity index (χ3v) is 5.00. The number of urea groups is 1. The average Bonchev–Trinajstić information content (AvgIpc) is 2.93. The summed E-state index contributed by atoms with van der Waals surface area (Å²) in [6.07, 6.45) is 0. The van der Waals surface area contributed by atoms with Crippen LogP contribution in [0.15, 0.2) is 39.3 Å². The Morgan fingerprint density at radius 2 is 1.83 bits per heavy atom. The molecular weight excluding hydrogens is 372 g/mol. The molecule has 2 amide bonds. The minimum absolute atomic E-state index is 0.0855. The minimum atomic E-state index is -0.481. The summed E-state index contributed by atoms with van der Waals surface area (Å²) in [5, 5.41) is 23.2. The number of aliphatic hydroxyl groups excluding tert-OH is 1. The van der Waals surface area contributed by atoms with Gasteiger partial charge in [0.15, 0.2) is 10.1 Å². The van der Waals surface area contributed by atoms with E-state index in [-0.39, 0.29) is 21.6 Å². The third-order valence-electron chi connectivity index (χ3n) is 2.57. The normalized spacial score (nSPS) is 11.6. The molecule has 1 aromatic carbocycles. The molecule has 0 aliphatic carbocycles. The van der Waals surface area contributed by atoms with Crippen molar-refractivity contribution in [3.63, 3.8) is 0 Å². The number of benzene rings is 1. The second-order valence-electron chi connectivity index (χ2n) is 4.53. The number of allylic oxidation sites excluding steroid dienone is 2. The van der Waals surface area contributed by atoms with E-state index in [2.05, 4.69) is 20.8 Å². The van der Waals surface area contributed by atoms with Gasteiger partial charge in [0.1, 0.15) is 5.76 Å². The van der Waals surface area contributed by atoms with Gasteiger partial charge in [-0.2, -0.15) is 0 Å². The molecule has 0 radical (unpaired) electrons. The molecule has 0 fully saturated rings. The van der Waals surface area contributed by atoms with Crippen molar-refractivity contribution in [1.29, 1.82) is 0 Å². The zero-order valence-corrected chi connectivity index (χ0v) is 15.1. The van der Waals surface area contributed by atoms with Crippen LogP contribution in [-0.4, -0.2) is 27.1 Å². The van der Waals surface area contributed by atoms with Crippen LogP contribution < -0.4 is 10.6 Å². The predicted molar refractivity (Wildman–Crippen MR) is 95.9 cm³/mol. The van der Waals surface area contributed by atoms with Crippen LogP contribution in [0.4, 0.5) is 15.6 Å². The molecule has 0 unspecified atom stereocenters. The number of hydrogen-bond donors (Lipinski definition) is 3. The minimum Gasteiger partial charge on any atom is -0.511 e. The number of carbonyl (C=O) groups excluding carboxylic acids is 2. The van der Waals surface area contributed by atoms with E-state index in [4.69, 9.17) is 11.6 Å². The lowest BCUT2D eigenvalue weighted by Crippen LogP contribution is -2.19. The SMILES string of the molecule is CC(=O)/C(Sc1nnc(NC(=O)Nc2ccc(Cl)cc2)s1)=C(\C)O. The first kappa shape index (κ1) is 18.2. The molecule has 10 heteroatoms. The number of halogens is 1. The molecule has 7 nitrogen and oxygen atoms in total.